The molecule has 2 N–H and O–H groups in total. The molecule has 1 amide bonds. The van der Waals surface area contributed by atoms with Gasteiger partial charge in [0.2, 0.25) is 0 Å². The average Bonchev–Trinajstić information content (AvgIpc) is 2.73. The quantitative estimate of drug-likeness (QED) is 0.729. The molecular weight excluding hydrogens is 352 g/mol. The summed E-state index contributed by atoms with van der Waals surface area (Å²) in [7, 11) is 0. The van der Waals surface area contributed by atoms with E-state index < -0.39 is 5.97 Å². The van der Waals surface area contributed by atoms with Crippen molar-refractivity contribution in [1.82, 2.24) is 5.32 Å². The number of nitrogens with one attached hydrogen (secondary N) is 1. The van der Waals surface area contributed by atoms with E-state index in [0.29, 0.717) is 18.4 Å². The Morgan fingerprint density at radius 3 is 2.29 bits per heavy atom. The van der Waals surface area contributed by atoms with Gasteiger partial charge < -0.3 is 15.3 Å². The van der Waals surface area contributed by atoms with Gasteiger partial charge in [-0.15, -0.1) is 0 Å². The lowest BCUT2D eigenvalue weighted by Crippen LogP contribution is -2.37. The van der Waals surface area contributed by atoms with Crippen LogP contribution >= 0.6 is 0 Å². The molecule has 2 aromatic rings. The Bertz CT molecular complexity index is 768. The van der Waals surface area contributed by atoms with Crippen LogP contribution in [0.15, 0.2) is 54.6 Å². The fourth-order valence-electron chi connectivity index (χ4n) is 3.67. The molecule has 3 rings (SSSR count). The summed E-state index contributed by atoms with van der Waals surface area (Å²) in [6.45, 7) is 2.14. The zero-order valence-corrected chi connectivity index (χ0v) is 16.1. The first-order chi connectivity index (χ1) is 13.6. The molecule has 0 radical (unpaired) electrons. The molecule has 5 heteroatoms. The number of carbonyl (C=O) groups excluding carboxylic acids is 1. The summed E-state index contributed by atoms with van der Waals surface area (Å²) in [6.07, 6.45) is 4.77. The van der Waals surface area contributed by atoms with Crippen LogP contribution in [-0.2, 0) is 11.2 Å². The van der Waals surface area contributed by atoms with Crippen LogP contribution in [0.1, 0.15) is 48.0 Å². The van der Waals surface area contributed by atoms with E-state index in [1.807, 2.05) is 54.6 Å². The van der Waals surface area contributed by atoms with Gasteiger partial charge >= 0.3 is 5.97 Å². The minimum absolute atomic E-state index is 0.0334. The Labute approximate surface area is 166 Å². The number of amides is 1. The van der Waals surface area contributed by atoms with Gasteiger partial charge in [-0.2, -0.15) is 0 Å². The number of aliphatic carboxylic acids is 1. The van der Waals surface area contributed by atoms with E-state index in [0.717, 1.165) is 24.3 Å². The van der Waals surface area contributed by atoms with Gasteiger partial charge in [0, 0.05) is 36.8 Å². The standard InChI is InChI=1S/C23H28N2O3/c26-22(27)14-11-20(17-18-7-3-1-4-8-18)24-23(28)19-9-12-21(13-10-19)25-15-5-2-6-16-25/h1,3-4,7-10,12-13,20H,2,5-6,11,14-17H2,(H,24,28)(H,26,27). The molecule has 0 aliphatic carbocycles. The number of hydrogen-bond donors (Lipinski definition) is 2. The third-order valence-corrected chi connectivity index (χ3v) is 5.22. The van der Waals surface area contributed by atoms with Crippen LogP contribution in [0.5, 0.6) is 0 Å². The molecule has 1 heterocycles. The van der Waals surface area contributed by atoms with Gasteiger partial charge in [-0.05, 0) is 61.9 Å². The highest BCUT2D eigenvalue weighted by atomic mass is 16.4. The summed E-state index contributed by atoms with van der Waals surface area (Å²) in [5.41, 5.74) is 2.84. The second-order valence-electron chi connectivity index (χ2n) is 7.39. The van der Waals surface area contributed by atoms with Crippen molar-refractivity contribution < 1.29 is 14.7 Å². The molecule has 148 valence electrons. The Hall–Kier alpha value is -2.82. The highest BCUT2D eigenvalue weighted by Crippen LogP contribution is 2.20. The van der Waals surface area contributed by atoms with E-state index in [4.69, 9.17) is 5.11 Å². The Kier molecular flexibility index (Phi) is 7.06. The maximum absolute atomic E-state index is 12.7. The largest absolute Gasteiger partial charge is 0.481 e. The van der Waals surface area contributed by atoms with E-state index in [9.17, 15) is 9.59 Å². The summed E-state index contributed by atoms with van der Waals surface area (Å²) in [5, 5.41) is 12.0. The lowest BCUT2D eigenvalue weighted by molar-refractivity contribution is -0.137. The maximum atomic E-state index is 12.7. The van der Waals surface area contributed by atoms with Crippen LogP contribution in [0.4, 0.5) is 5.69 Å². The van der Waals surface area contributed by atoms with Crippen molar-refractivity contribution in [1.29, 1.82) is 0 Å². The maximum Gasteiger partial charge on any atom is 0.303 e. The number of piperidine rings is 1. The highest BCUT2D eigenvalue weighted by Gasteiger charge is 2.17. The van der Waals surface area contributed by atoms with E-state index >= 15 is 0 Å². The number of hydrogen-bond acceptors (Lipinski definition) is 3. The zero-order valence-electron chi connectivity index (χ0n) is 16.1. The molecule has 1 unspecified atom stereocenters. The topological polar surface area (TPSA) is 69.6 Å². The third kappa shape index (κ3) is 5.84. The van der Waals surface area contributed by atoms with Gasteiger partial charge in [0.05, 0.1) is 0 Å². The minimum Gasteiger partial charge on any atom is -0.481 e. The van der Waals surface area contributed by atoms with E-state index in [2.05, 4.69) is 10.2 Å². The molecule has 1 aliphatic rings. The van der Waals surface area contributed by atoms with Crippen molar-refractivity contribution in [2.45, 2.75) is 44.6 Å². The van der Waals surface area contributed by atoms with Gasteiger partial charge in [0.25, 0.3) is 5.91 Å². The number of carbonyl (C=O) groups is 2. The number of rotatable bonds is 8. The van der Waals surface area contributed by atoms with Crippen LogP contribution in [0, 0.1) is 0 Å². The number of carboxylic acids is 1. The van der Waals surface area contributed by atoms with Crippen molar-refractivity contribution in [3.05, 3.63) is 65.7 Å². The first kappa shape index (κ1) is 19.9. The molecule has 0 aromatic heterocycles. The van der Waals surface area contributed by atoms with Crippen molar-refractivity contribution >= 4 is 17.6 Å². The smallest absolute Gasteiger partial charge is 0.303 e. The summed E-state index contributed by atoms with van der Waals surface area (Å²) in [5.74, 6) is -1.00. The van der Waals surface area contributed by atoms with Crippen molar-refractivity contribution in [2.75, 3.05) is 18.0 Å². The summed E-state index contributed by atoms with van der Waals surface area (Å²) >= 11 is 0. The monoisotopic (exact) mass is 380 g/mol. The molecule has 0 spiro atoms. The molecule has 1 atom stereocenters. The van der Waals surface area contributed by atoms with Crippen LogP contribution in [0.2, 0.25) is 0 Å². The Morgan fingerprint density at radius 2 is 1.64 bits per heavy atom. The van der Waals surface area contributed by atoms with E-state index in [-0.39, 0.29) is 18.4 Å². The molecule has 28 heavy (non-hydrogen) atoms. The molecule has 0 bridgehead atoms. The van der Waals surface area contributed by atoms with Gasteiger partial charge in [0.15, 0.2) is 0 Å². The molecule has 1 aliphatic heterocycles. The minimum atomic E-state index is -0.849. The summed E-state index contributed by atoms with van der Waals surface area (Å²) < 4.78 is 0. The van der Waals surface area contributed by atoms with Crippen molar-refractivity contribution in [3.63, 3.8) is 0 Å². The number of benzene rings is 2. The van der Waals surface area contributed by atoms with Crippen LogP contribution in [0.25, 0.3) is 0 Å². The van der Waals surface area contributed by atoms with Crippen molar-refractivity contribution in [3.8, 4) is 0 Å². The van der Waals surface area contributed by atoms with E-state index in [1.54, 1.807) is 0 Å². The third-order valence-electron chi connectivity index (χ3n) is 5.22. The Morgan fingerprint density at radius 1 is 0.964 bits per heavy atom. The van der Waals surface area contributed by atoms with Crippen LogP contribution < -0.4 is 10.2 Å². The van der Waals surface area contributed by atoms with Crippen molar-refractivity contribution in [2.24, 2.45) is 0 Å². The lowest BCUT2D eigenvalue weighted by atomic mass is 10.0. The summed E-state index contributed by atoms with van der Waals surface area (Å²) in [4.78, 5) is 26.0. The highest BCUT2D eigenvalue weighted by molar-refractivity contribution is 5.94. The molecule has 0 saturated carbocycles. The summed E-state index contributed by atoms with van der Waals surface area (Å²) in [6, 6.07) is 17.3. The van der Waals surface area contributed by atoms with Gasteiger partial charge in [-0.1, -0.05) is 30.3 Å². The zero-order chi connectivity index (χ0) is 19.8. The molecule has 5 nitrogen and oxygen atoms in total. The Balaban J connectivity index is 1.63. The molecule has 1 saturated heterocycles. The normalized spacial score (nSPS) is 15.1. The molecule has 1 fully saturated rings. The van der Waals surface area contributed by atoms with Crippen LogP contribution in [-0.4, -0.2) is 36.1 Å². The fraction of sp³-hybridized carbons (Fsp3) is 0.391. The second kappa shape index (κ2) is 9.93. The number of carboxylic acid groups (broad SMARTS) is 1. The molecule has 2 aromatic carbocycles. The lowest BCUT2D eigenvalue weighted by Gasteiger charge is -2.28. The van der Waals surface area contributed by atoms with Gasteiger partial charge in [-0.3, -0.25) is 9.59 Å². The SMILES string of the molecule is O=C(O)CCC(Cc1ccccc1)NC(=O)c1ccc(N2CCCCC2)cc1. The number of nitrogens with zero attached hydrogens (tertiary/aromatic N) is 1. The van der Waals surface area contributed by atoms with Gasteiger partial charge in [-0.25, -0.2) is 0 Å². The van der Waals surface area contributed by atoms with Crippen LogP contribution in [0.3, 0.4) is 0 Å². The second-order valence-corrected chi connectivity index (χ2v) is 7.39. The predicted octanol–water partition coefficient (Wildman–Crippen LogP) is 3.88. The molecular formula is C23H28N2O3. The van der Waals surface area contributed by atoms with Gasteiger partial charge in [0.1, 0.15) is 0 Å². The predicted molar refractivity (Wildman–Crippen MR) is 111 cm³/mol. The first-order valence-electron chi connectivity index (χ1n) is 10.0. The van der Waals surface area contributed by atoms with E-state index in [1.165, 1.54) is 19.3 Å². The average molecular weight is 380 g/mol. The fourth-order valence-corrected chi connectivity index (χ4v) is 3.67. The number of anilines is 1. The first-order valence-corrected chi connectivity index (χ1v) is 10.0.